The van der Waals surface area contributed by atoms with Crippen LogP contribution in [0.25, 0.3) is 0 Å². The predicted molar refractivity (Wildman–Crippen MR) is 179 cm³/mol. The summed E-state index contributed by atoms with van der Waals surface area (Å²) in [5.41, 5.74) is 1.47. The zero-order valence-electron chi connectivity index (χ0n) is 26.3. The zero-order valence-corrected chi connectivity index (χ0v) is 30.2. The molecule has 0 spiro atoms. The van der Waals surface area contributed by atoms with Gasteiger partial charge in [0.1, 0.15) is 29.3 Å². The van der Waals surface area contributed by atoms with Crippen LogP contribution in [-0.4, -0.2) is 51.6 Å². The van der Waals surface area contributed by atoms with Crippen molar-refractivity contribution in [3.63, 3.8) is 0 Å². The summed E-state index contributed by atoms with van der Waals surface area (Å²) in [6, 6.07) is 13.4. The van der Waals surface area contributed by atoms with E-state index in [-0.39, 0.29) is 18.6 Å². The Morgan fingerprint density at radius 2 is 1.16 bits per heavy atom. The molecule has 0 aliphatic rings. The van der Waals surface area contributed by atoms with Crippen LogP contribution in [0.2, 0.25) is 5.15 Å². The van der Waals surface area contributed by atoms with E-state index in [0.717, 1.165) is 14.5 Å². The molecule has 4 rings (SSSR count). The van der Waals surface area contributed by atoms with Gasteiger partial charge in [-0.1, -0.05) is 55.6 Å². The summed E-state index contributed by atoms with van der Waals surface area (Å²) in [5, 5.41) is 9.89. The maximum atomic E-state index is 12.2. The number of benzene rings is 2. The minimum atomic E-state index is -4.12. The molecule has 0 amide bonds. The van der Waals surface area contributed by atoms with E-state index in [1.807, 2.05) is 6.07 Å². The summed E-state index contributed by atoms with van der Waals surface area (Å²) >= 11 is 12.2. The van der Waals surface area contributed by atoms with E-state index in [2.05, 4.69) is 51.8 Å². The quantitative estimate of drug-likeness (QED) is 0.0855. The molecular formula is C32H33Br2ClF6N4O4. The highest BCUT2D eigenvalue weighted by Gasteiger charge is 2.26. The number of hydrogen-bond donors (Lipinski definition) is 1. The van der Waals surface area contributed by atoms with Crippen molar-refractivity contribution < 1.29 is 45.7 Å². The molecule has 268 valence electrons. The van der Waals surface area contributed by atoms with E-state index in [4.69, 9.17) is 25.8 Å². The molecule has 2 heterocycles. The SMILES string of the molecule is COc1cc(Cl)ncn1.COc1cc(Oc2cccc(Br)c2CCCCC(F)(F)F)ncn1.Oc1cccc(Br)c1CCCCC(F)(F)F. The van der Waals surface area contributed by atoms with Gasteiger partial charge in [0.2, 0.25) is 17.6 Å². The van der Waals surface area contributed by atoms with Gasteiger partial charge in [0.25, 0.3) is 0 Å². The molecule has 0 fully saturated rings. The van der Waals surface area contributed by atoms with Gasteiger partial charge in [-0.25, -0.2) is 19.9 Å². The molecule has 0 aliphatic heterocycles. The fraction of sp³-hybridized carbons (Fsp3) is 0.375. The number of aromatic hydroxyl groups is 1. The molecular weight excluding hydrogens is 814 g/mol. The summed E-state index contributed by atoms with van der Waals surface area (Å²) in [6.07, 6.45) is -5.19. The molecule has 0 aliphatic carbocycles. The van der Waals surface area contributed by atoms with Crippen LogP contribution in [-0.2, 0) is 12.8 Å². The number of methoxy groups -OCH3 is 2. The van der Waals surface area contributed by atoms with Gasteiger partial charge in [-0.15, -0.1) is 0 Å². The van der Waals surface area contributed by atoms with Crippen LogP contribution < -0.4 is 14.2 Å². The van der Waals surface area contributed by atoms with Crippen LogP contribution in [0.4, 0.5) is 26.3 Å². The Balaban J connectivity index is 0.000000285. The molecule has 0 atom stereocenters. The van der Waals surface area contributed by atoms with Crippen LogP contribution >= 0.6 is 43.5 Å². The second kappa shape index (κ2) is 21.0. The highest BCUT2D eigenvalue weighted by atomic mass is 79.9. The molecule has 0 radical (unpaired) electrons. The number of unbranched alkanes of at least 4 members (excludes halogenated alkanes) is 2. The van der Waals surface area contributed by atoms with Crippen molar-refractivity contribution in [2.24, 2.45) is 0 Å². The molecule has 0 bridgehead atoms. The van der Waals surface area contributed by atoms with Gasteiger partial charge in [-0.3, -0.25) is 0 Å². The number of nitrogens with zero attached hydrogens (tertiary/aromatic N) is 4. The fourth-order valence-electron chi connectivity index (χ4n) is 3.96. The van der Waals surface area contributed by atoms with E-state index in [1.165, 1.54) is 39.0 Å². The summed E-state index contributed by atoms with van der Waals surface area (Å²) < 4.78 is 89.4. The number of rotatable bonds is 12. The van der Waals surface area contributed by atoms with Gasteiger partial charge in [0, 0.05) is 39.0 Å². The molecule has 2 aromatic carbocycles. The van der Waals surface area contributed by atoms with Crippen molar-refractivity contribution in [1.29, 1.82) is 0 Å². The van der Waals surface area contributed by atoms with Crippen molar-refractivity contribution in [2.75, 3.05) is 14.2 Å². The Morgan fingerprint density at radius 3 is 1.67 bits per heavy atom. The van der Waals surface area contributed by atoms with Gasteiger partial charge >= 0.3 is 12.4 Å². The van der Waals surface area contributed by atoms with Gasteiger partial charge in [0.05, 0.1) is 20.3 Å². The molecule has 8 nitrogen and oxygen atoms in total. The Hall–Kier alpha value is -3.37. The van der Waals surface area contributed by atoms with Crippen molar-refractivity contribution in [3.05, 3.63) is 86.4 Å². The third-order valence-electron chi connectivity index (χ3n) is 6.30. The minimum absolute atomic E-state index is 0.0750. The third-order valence-corrected chi connectivity index (χ3v) is 7.99. The molecule has 0 saturated carbocycles. The van der Waals surface area contributed by atoms with Crippen molar-refractivity contribution in [1.82, 2.24) is 19.9 Å². The predicted octanol–water partition coefficient (Wildman–Crippen LogP) is 10.9. The van der Waals surface area contributed by atoms with Crippen LogP contribution in [0.15, 0.2) is 70.1 Å². The minimum Gasteiger partial charge on any atom is -0.508 e. The van der Waals surface area contributed by atoms with Crippen molar-refractivity contribution in [3.8, 4) is 29.1 Å². The first-order chi connectivity index (χ1) is 23.1. The van der Waals surface area contributed by atoms with Crippen LogP contribution in [0.3, 0.4) is 0 Å². The zero-order chi connectivity index (χ0) is 36.5. The topological polar surface area (TPSA) is 99.5 Å². The maximum Gasteiger partial charge on any atom is 0.389 e. The standard InChI is InChI=1S/C16H16BrF3N2O2.C11H12BrF3O.C5H5ClN2O/c1-23-14-9-15(22-10-21-14)24-13-7-4-6-12(17)11(13)5-2-3-8-16(18,19)20;12-9-5-3-6-10(16)8(9)4-1-2-7-11(13,14)15;1-9-5-2-4(6)7-3-8-5/h4,6-7,9-10H,2-3,5,8H2,1H3;3,5-6,16H,1-2,4,7H2;2-3H,1H3. The molecule has 17 heteroatoms. The number of ether oxygens (including phenoxy) is 3. The van der Waals surface area contributed by atoms with E-state index < -0.39 is 25.2 Å². The Labute approximate surface area is 301 Å². The highest BCUT2D eigenvalue weighted by Crippen LogP contribution is 2.33. The lowest BCUT2D eigenvalue weighted by molar-refractivity contribution is -0.136. The number of halogens is 9. The van der Waals surface area contributed by atoms with Gasteiger partial charge < -0.3 is 19.3 Å². The first-order valence-electron chi connectivity index (χ1n) is 14.5. The summed E-state index contributed by atoms with van der Waals surface area (Å²) in [6.45, 7) is 0. The number of phenolic OH excluding ortho intramolecular Hbond substituents is 1. The number of hydrogen-bond acceptors (Lipinski definition) is 8. The Morgan fingerprint density at radius 1 is 0.673 bits per heavy atom. The smallest absolute Gasteiger partial charge is 0.389 e. The lowest BCUT2D eigenvalue weighted by Crippen LogP contribution is -2.06. The van der Waals surface area contributed by atoms with Crippen molar-refractivity contribution >= 4 is 43.5 Å². The summed E-state index contributed by atoms with van der Waals surface area (Å²) in [4.78, 5) is 15.3. The maximum absolute atomic E-state index is 12.2. The Kier molecular flexibility index (Phi) is 17.9. The van der Waals surface area contributed by atoms with Crippen LogP contribution in [0, 0.1) is 0 Å². The number of aromatic nitrogens is 4. The molecule has 1 N–H and O–H groups in total. The monoisotopic (exact) mass is 844 g/mol. The number of phenols is 1. The lowest BCUT2D eigenvalue weighted by Gasteiger charge is -2.13. The Bertz CT molecular complexity index is 1570. The summed E-state index contributed by atoms with van der Waals surface area (Å²) in [5.74, 6) is 1.81. The lowest BCUT2D eigenvalue weighted by atomic mass is 10.1. The number of alkyl halides is 6. The molecule has 2 aromatic heterocycles. The molecule has 0 unspecified atom stereocenters. The second-order valence-electron chi connectivity index (χ2n) is 9.98. The van der Waals surface area contributed by atoms with E-state index in [1.54, 1.807) is 30.3 Å². The third kappa shape index (κ3) is 17.2. The average molecular weight is 847 g/mol. The second-order valence-corrected chi connectivity index (χ2v) is 12.1. The first kappa shape index (κ1) is 41.8. The van der Waals surface area contributed by atoms with Crippen LogP contribution in [0.1, 0.15) is 49.7 Å². The molecule has 4 aromatic rings. The van der Waals surface area contributed by atoms with Gasteiger partial charge in [-0.05, 0) is 62.8 Å². The largest absolute Gasteiger partial charge is 0.508 e. The molecule has 0 saturated heterocycles. The highest BCUT2D eigenvalue weighted by molar-refractivity contribution is 9.10. The van der Waals surface area contributed by atoms with Crippen LogP contribution in [0.5, 0.6) is 29.1 Å². The fourth-order valence-corrected chi connectivity index (χ4v) is 5.20. The molecule has 49 heavy (non-hydrogen) atoms. The van der Waals surface area contributed by atoms with E-state index >= 15 is 0 Å². The first-order valence-corrected chi connectivity index (χ1v) is 16.5. The summed E-state index contributed by atoms with van der Waals surface area (Å²) in [7, 11) is 3.01. The van der Waals surface area contributed by atoms with E-state index in [0.29, 0.717) is 59.8 Å². The van der Waals surface area contributed by atoms with E-state index in [9.17, 15) is 31.4 Å². The van der Waals surface area contributed by atoms with Gasteiger partial charge in [-0.2, -0.15) is 26.3 Å². The van der Waals surface area contributed by atoms with Crippen molar-refractivity contribution in [2.45, 2.75) is 63.7 Å². The average Bonchev–Trinajstić information content (AvgIpc) is 3.03. The van der Waals surface area contributed by atoms with Gasteiger partial charge in [0.15, 0.2) is 0 Å². The normalized spacial score (nSPS) is 11.1.